The highest BCUT2D eigenvalue weighted by Gasteiger charge is 1.94. The van der Waals surface area contributed by atoms with Gasteiger partial charge in [-0.25, -0.2) is 0 Å². The van der Waals surface area contributed by atoms with Crippen LogP contribution in [-0.4, -0.2) is 0 Å². The van der Waals surface area contributed by atoms with Crippen LogP contribution in [0.15, 0.2) is 0 Å². The lowest BCUT2D eigenvalue weighted by Gasteiger charge is -2.02. The van der Waals surface area contributed by atoms with Crippen LogP contribution in [0.25, 0.3) is 0 Å². The van der Waals surface area contributed by atoms with Crippen molar-refractivity contribution in [1.82, 2.24) is 0 Å². The molecule has 0 aromatic heterocycles. The van der Waals surface area contributed by atoms with E-state index in [4.69, 9.17) is 0 Å². The van der Waals surface area contributed by atoms with Crippen LogP contribution in [0.1, 0.15) is 53.4 Å². The van der Waals surface area contributed by atoms with Crippen molar-refractivity contribution in [2.75, 3.05) is 0 Å². The maximum Gasteiger partial charge on any atom is 0.0112 e. The minimum Gasteiger partial charge on any atom is -0.103 e. The number of rotatable bonds is 4. The molecule has 1 unspecified atom stereocenters. The van der Waals surface area contributed by atoms with Gasteiger partial charge in [0.2, 0.25) is 0 Å². The summed E-state index contributed by atoms with van der Waals surface area (Å²) < 4.78 is 0. The zero-order valence-corrected chi connectivity index (χ0v) is 8.98. The van der Waals surface area contributed by atoms with E-state index in [-0.39, 0.29) is 0 Å². The first-order valence-corrected chi connectivity index (χ1v) is 5.12. The molecule has 0 aromatic carbocycles. The monoisotopic (exact) mass is 166 g/mol. The second kappa shape index (κ2) is 7.22. The first-order chi connectivity index (χ1) is 5.66. The molecular formula is C12H22. The van der Waals surface area contributed by atoms with Crippen LogP contribution < -0.4 is 0 Å². The summed E-state index contributed by atoms with van der Waals surface area (Å²) >= 11 is 0. The van der Waals surface area contributed by atoms with Gasteiger partial charge < -0.3 is 0 Å². The average Bonchev–Trinajstić information content (AvgIpc) is 2.03. The van der Waals surface area contributed by atoms with Gasteiger partial charge in [-0.2, -0.15) is 0 Å². The fourth-order valence-electron chi connectivity index (χ4n) is 0.887. The van der Waals surface area contributed by atoms with Gasteiger partial charge >= 0.3 is 0 Å². The van der Waals surface area contributed by atoms with E-state index in [0.717, 1.165) is 24.7 Å². The molecule has 70 valence electrons. The Balaban J connectivity index is 3.33. The number of hydrogen-bond donors (Lipinski definition) is 0. The van der Waals surface area contributed by atoms with Crippen molar-refractivity contribution in [3.8, 4) is 11.8 Å². The number of hydrogen-bond acceptors (Lipinski definition) is 0. The van der Waals surface area contributed by atoms with Crippen LogP contribution in [0.4, 0.5) is 0 Å². The van der Waals surface area contributed by atoms with E-state index in [1.807, 2.05) is 0 Å². The fraction of sp³-hybridized carbons (Fsp3) is 0.833. The molecule has 0 saturated heterocycles. The quantitative estimate of drug-likeness (QED) is 0.556. The molecule has 0 spiro atoms. The third-order valence-corrected chi connectivity index (χ3v) is 2.09. The van der Waals surface area contributed by atoms with Crippen LogP contribution in [0, 0.1) is 23.7 Å². The normalized spacial score (nSPS) is 12.4. The highest BCUT2D eigenvalue weighted by atomic mass is 14.0. The zero-order valence-electron chi connectivity index (χ0n) is 8.98. The van der Waals surface area contributed by atoms with Crippen molar-refractivity contribution >= 4 is 0 Å². The van der Waals surface area contributed by atoms with Gasteiger partial charge in [0, 0.05) is 12.8 Å². The van der Waals surface area contributed by atoms with Crippen LogP contribution in [0.5, 0.6) is 0 Å². The molecule has 0 heteroatoms. The summed E-state index contributed by atoms with van der Waals surface area (Å²) in [7, 11) is 0. The Kier molecular flexibility index (Phi) is 6.96. The topological polar surface area (TPSA) is 0 Å². The average molecular weight is 166 g/mol. The second-order valence-electron chi connectivity index (χ2n) is 4.00. The van der Waals surface area contributed by atoms with E-state index in [2.05, 4.69) is 39.5 Å². The molecule has 0 fully saturated rings. The summed E-state index contributed by atoms with van der Waals surface area (Å²) in [6, 6.07) is 0. The summed E-state index contributed by atoms with van der Waals surface area (Å²) in [5.74, 6) is 8.02. The smallest absolute Gasteiger partial charge is 0.0112 e. The van der Waals surface area contributed by atoms with Crippen molar-refractivity contribution in [2.24, 2.45) is 11.8 Å². The maximum absolute atomic E-state index is 3.23. The van der Waals surface area contributed by atoms with Crippen molar-refractivity contribution in [3.63, 3.8) is 0 Å². The van der Waals surface area contributed by atoms with E-state index < -0.39 is 0 Å². The first-order valence-electron chi connectivity index (χ1n) is 5.12. The van der Waals surface area contributed by atoms with E-state index in [1.165, 1.54) is 12.8 Å². The summed E-state index contributed by atoms with van der Waals surface area (Å²) in [5.41, 5.74) is 0. The second-order valence-corrected chi connectivity index (χ2v) is 4.00. The molecule has 0 N–H and O–H groups in total. The minimum atomic E-state index is 0.723. The van der Waals surface area contributed by atoms with Crippen LogP contribution >= 0.6 is 0 Å². The van der Waals surface area contributed by atoms with Gasteiger partial charge in [-0.3, -0.25) is 0 Å². The van der Waals surface area contributed by atoms with E-state index in [1.54, 1.807) is 0 Å². The SMILES string of the molecule is CCC(C)CCC#CCC(C)C. The van der Waals surface area contributed by atoms with Crippen molar-refractivity contribution in [3.05, 3.63) is 0 Å². The molecular weight excluding hydrogens is 144 g/mol. The van der Waals surface area contributed by atoms with E-state index in [9.17, 15) is 0 Å². The summed E-state index contributed by atoms with van der Waals surface area (Å²) in [6.45, 7) is 8.96. The van der Waals surface area contributed by atoms with Crippen LogP contribution in [0.3, 0.4) is 0 Å². The Morgan fingerprint density at radius 2 is 1.75 bits per heavy atom. The van der Waals surface area contributed by atoms with Gasteiger partial charge in [0.05, 0.1) is 0 Å². The first kappa shape index (κ1) is 11.6. The largest absolute Gasteiger partial charge is 0.103 e. The predicted octanol–water partition coefficient (Wildman–Crippen LogP) is 3.86. The third kappa shape index (κ3) is 7.66. The molecule has 0 aromatic rings. The van der Waals surface area contributed by atoms with Gasteiger partial charge in [0.1, 0.15) is 0 Å². The fourth-order valence-corrected chi connectivity index (χ4v) is 0.887. The van der Waals surface area contributed by atoms with Gasteiger partial charge in [0.15, 0.2) is 0 Å². The third-order valence-electron chi connectivity index (χ3n) is 2.09. The lowest BCUT2D eigenvalue weighted by atomic mass is 10.0. The molecule has 1 atom stereocenters. The van der Waals surface area contributed by atoms with Gasteiger partial charge in [0.25, 0.3) is 0 Å². The van der Waals surface area contributed by atoms with Crippen LogP contribution in [0.2, 0.25) is 0 Å². The Bertz CT molecular complexity index is 145. The highest BCUT2D eigenvalue weighted by Crippen LogP contribution is 2.08. The molecule has 0 bridgehead atoms. The van der Waals surface area contributed by atoms with Crippen molar-refractivity contribution in [1.29, 1.82) is 0 Å². The van der Waals surface area contributed by atoms with E-state index in [0.29, 0.717) is 0 Å². The molecule has 12 heavy (non-hydrogen) atoms. The molecule has 0 amide bonds. The molecule has 0 aliphatic rings. The maximum atomic E-state index is 3.23. The molecule has 0 aliphatic carbocycles. The molecule has 0 radical (unpaired) electrons. The predicted molar refractivity (Wildman–Crippen MR) is 55.9 cm³/mol. The van der Waals surface area contributed by atoms with Crippen molar-refractivity contribution in [2.45, 2.75) is 53.4 Å². The zero-order chi connectivity index (χ0) is 9.40. The van der Waals surface area contributed by atoms with Gasteiger partial charge in [-0.15, -0.1) is 11.8 Å². The summed E-state index contributed by atoms with van der Waals surface area (Å²) in [5, 5.41) is 0. The molecule has 0 heterocycles. The summed E-state index contributed by atoms with van der Waals surface area (Å²) in [6.07, 6.45) is 4.69. The van der Waals surface area contributed by atoms with Gasteiger partial charge in [-0.1, -0.05) is 34.1 Å². The minimum absolute atomic E-state index is 0.723. The molecule has 0 saturated carbocycles. The Morgan fingerprint density at radius 3 is 2.25 bits per heavy atom. The van der Waals surface area contributed by atoms with Crippen LogP contribution in [-0.2, 0) is 0 Å². The Hall–Kier alpha value is -0.440. The molecule has 0 nitrogen and oxygen atoms in total. The lowest BCUT2D eigenvalue weighted by molar-refractivity contribution is 0.525. The van der Waals surface area contributed by atoms with Crippen molar-refractivity contribution < 1.29 is 0 Å². The summed E-state index contributed by atoms with van der Waals surface area (Å²) in [4.78, 5) is 0. The van der Waals surface area contributed by atoms with Gasteiger partial charge in [-0.05, 0) is 18.3 Å². The highest BCUT2D eigenvalue weighted by molar-refractivity contribution is 4.99. The Morgan fingerprint density at radius 1 is 1.08 bits per heavy atom. The van der Waals surface area contributed by atoms with E-state index >= 15 is 0 Å². The standard InChI is InChI=1S/C12H22/c1-5-12(4)10-8-6-7-9-11(2)3/h11-12H,5,8-10H2,1-4H3. The molecule has 0 aliphatic heterocycles. The Labute approximate surface area is 77.8 Å². The lowest BCUT2D eigenvalue weighted by Crippen LogP contribution is -1.90. The molecule has 0 rings (SSSR count).